The van der Waals surface area contributed by atoms with Crippen LogP contribution in [0.3, 0.4) is 0 Å². The molecule has 4 aromatic rings. The number of carbonyl (C=O) groups is 1. The van der Waals surface area contributed by atoms with Gasteiger partial charge >= 0.3 is 10.2 Å². The van der Waals surface area contributed by atoms with Gasteiger partial charge in [-0.2, -0.15) is 5.10 Å². The van der Waals surface area contributed by atoms with E-state index in [9.17, 15) is 24.2 Å². The molecule has 0 fully saturated rings. The molecule has 1 atom stereocenters. The van der Waals surface area contributed by atoms with Crippen molar-refractivity contribution in [1.82, 2.24) is 19.7 Å². The summed E-state index contributed by atoms with van der Waals surface area (Å²) < 4.78 is 72.6. The second kappa shape index (κ2) is 6.29. The number of benzene rings is 2. The number of anilines is 1. The third kappa shape index (κ3) is 3.47. The minimum Gasteiger partial charge on any atom is -0.491 e. The topological polar surface area (TPSA) is 86.3 Å². The van der Waals surface area contributed by atoms with Crippen molar-refractivity contribution in [3.8, 4) is 5.75 Å². The minimum atomic E-state index is -9.85. The number of hydrogen-bond donors (Lipinski definition) is 1. The Bertz CT molecular complexity index is 1520. The van der Waals surface area contributed by atoms with Crippen LogP contribution in [0.15, 0.2) is 47.5 Å². The standard InChI is InChI=1S/C21H18F5N5O2S/c1-30(17-10-33-18-8-12(4-5-13(17)18)34(22,23,24,25)26)21(32)11-3-6-16-14(7-11)19-15(20(27)29-16)9-28-31(19)2/h3-9,17H,10H2,1-2H3,(H2,27,29)/t17-/m0/s1. The van der Waals surface area contributed by atoms with Gasteiger partial charge in [0.1, 0.15) is 23.1 Å². The van der Waals surface area contributed by atoms with Crippen molar-refractivity contribution in [3.05, 3.63) is 53.7 Å². The number of aryl methyl sites for hydroxylation is 1. The van der Waals surface area contributed by atoms with Crippen LogP contribution in [0.5, 0.6) is 5.75 Å². The molecular formula is C21H18F5N5O2S. The highest BCUT2D eigenvalue weighted by molar-refractivity contribution is 8.45. The lowest BCUT2D eigenvalue weighted by Crippen LogP contribution is -2.32. The van der Waals surface area contributed by atoms with E-state index in [0.717, 1.165) is 6.07 Å². The van der Waals surface area contributed by atoms with E-state index in [-0.39, 0.29) is 17.9 Å². The van der Waals surface area contributed by atoms with E-state index in [1.165, 1.54) is 11.9 Å². The summed E-state index contributed by atoms with van der Waals surface area (Å²) >= 11 is 0. The Kier molecular flexibility index (Phi) is 4.10. The van der Waals surface area contributed by atoms with Crippen LogP contribution in [0, 0.1) is 0 Å². The van der Waals surface area contributed by atoms with Gasteiger partial charge < -0.3 is 15.4 Å². The Hall–Kier alpha value is -3.61. The maximum Gasteiger partial charge on any atom is 0.310 e. The summed E-state index contributed by atoms with van der Waals surface area (Å²) in [5.74, 6) is -0.463. The fourth-order valence-electron chi connectivity index (χ4n) is 4.17. The smallest absolute Gasteiger partial charge is 0.310 e. The van der Waals surface area contributed by atoms with Crippen LogP contribution in [0.25, 0.3) is 21.8 Å². The first kappa shape index (κ1) is 22.2. The first-order chi connectivity index (χ1) is 15.6. The number of aromatic nitrogens is 3. The first-order valence-electron chi connectivity index (χ1n) is 9.93. The second-order valence-corrected chi connectivity index (χ2v) is 10.6. The molecule has 0 spiro atoms. The van der Waals surface area contributed by atoms with Crippen molar-refractivity contribution in [3.63, 3.8) is 0 Å². The molecule has 2 N–H and O–H groups in total. The molecule has 3 heterocycles. The van der Waals surface area contributed by atoms with E-state index in [0.29, 0.717) is 45.3 Å². The highest BCUT2D eigenvalue weighted by Crippen LogP contribution is 3.02. The van der Waals surface area contributed by atoms with E-state index >= 15 is 0 Å². The molecule has 180 valence electrons. The first-order valence-corrected chi connectivity index (χ1v) is 11.9. The fraction of sp³-hybridized carbons (Fsp3) is 0.190. The summed E-state index contributed by atoms with van der Waals surface area (Å²) in [7, 11) is -6.65. The predicted molar refractivity (Wildman–Crippen MR) is 119 cm³/mol. The number of halogens is 5. The summed E-state index contributed by atoms with van der Waals surface area (Å²) in [6, 6.07) is 5.62. The summed E-state index contributed by atoms with van der Waals surface area (Å²) in [5.41, 5.74) is 7.75. The van der Waals surface area contributed by atoms with Crippen LogP contribution in [0.2, 0.25) is 0 Å². The number of ether oxygens (including phenoxy) is 1. The normalized spacial score (nSPS) is 17.8. The zero-order chi connectivity index (χ0) is 24.7. The monoisotopic (exact) mass is 499 g/mol. The SMILES string of the molecule is CN(C(=O)c1ccc2nc(N)c3cnn(C)c3c2c1)[C@H]1COc2cc(S(F)(F)(F)(F)F)ccc21. The van der Waals surface area contributed by atoms with Crippen LogP contribution >= 0.6 is 10.2 Å². The molecular weight excluding hydrogens is 481 g/mol. The Balaban J connectivity index is 1.51. The van der Waals surface area contributed by atoms with Crippen molar-refractivity contribution in [1.29, 1.82) is 0 Å². The van der Waals surface area contributed by atoms with Gasteiger partial charge in [-0.25, -0.2) is 4.98 Å². The lowest BCUT2D eigenvalue weighted by atomic mass is 10.0. The van der Waals surface area contributed by atoms with Gasteiger partial charge in [0, 0.05) is 36.7 Å². The average Bonchev–Trinajstić information content (AvgIpc) is 3.35. The number of rotatable bonds is 3. The number of fused-ring (bicyclic) bond motifs is 4. The molecule has 2 aromatic carbocycles. The average molecular weight is 499 g/mol. The maximum absolute atomic E-state index is 13.2. The summed E-state index contributed by atoms with van der Waals surface area (Å²) in [4.78, 5) is 16.9. The highest BCUT2D eigenvalue weighted by atomic mass is 32.5. The van der Waals surface area contributed by atoms with Crippen LogP contribution in [-0.2, 0) is 7.05 Å². The number of nitrogens with two attached hydrogens (primary N) is 1. The van der Waals surface area contributed by atoms with Gasteiger partial charge in [-0.1, -0.05) is 25.5 Å². The van der Waals surface area contributed by atoms with Crippen molar-refractivity contribution in [2.75, 3.05) is 19.4 Å². The molecule has 5 rings (SSSR count). The van der Waals surface area contributed by atoms with Crippen LogP contribution in [0.1, 0.15) is 22.0 Å². The van der Waals surface area contributed by atoms with Crippen LogP contribution in [0.4, 0.5) is 25.2 Å². The molecule has 13 heteroatoms. The summed E-state index contributed by atoms with van der Waals surface area (Å²) in [6.45, 7) is -0.168. The number of nitrogens with zero attached hydrogens (tertiary/aromatic N) is 4. The number of hydrogen-bond acceptors (Lipinski definition) is 5. The van der Waals surface area contributed by atoms with E-state index in [1.807, 2.05) is 0 Å². The fourth-order valence-corrected chi connectivity index (χ4v) is 4.82. The molecule has 0 radical (unpaired) electrons. The molecule has 1 aliphatic heterocycles. The molecule has 1 amide bonds. The van der Waals surface area contributed by atoms with Gasteiger partial charge in [-0.05, 0) is 24.3 Å². The van der Waals surface area contributed by atoms with Crippen molar-refractivity contribution < 1.29 is 29.0 Å². The van der Waals surface area contributed by atoms with Gasteiger partial charge in [0.05, 0.1) is 28.7 Å². The van der Waals surface area contributed by atoms with E-state index in [2.05, 4.69) is 10.1 Å². The molecule has 34 heavy (non-hydrogen) atoms. The Labute approximate surface area is 189 Å². The zero-order valence-corrected chi connectivity index (χ0v) is 18.6. The van der Waals surface area contributed by atoms with Gasteiger partial charge in [0.2, 0.25) is 0 Å². The Morgan fingerprint density at radius 1 is 1.15 bits per heavy atom. The third-order valence-electron chi connectivity index (χ3n) is 5.93. The largest absolute Gasteiger partial charge is 0.491 e. The molecule has 0 saturated heterocycles. The number of nitrogen functional groups attached to an aromatic ring is 1. The maximum atomic E-state index is 13.2. The highest BCUT2D eigenvalue weighted by Gasteiger charge is 2.65. The zero-order valence-electron chi connectivity index (χ0n) is 17.8. The Morgan fingerprint density at radius 3 is 2.59 bits per heavy atom. The van der Waals surface area contributed by atoms with Crippen molar-refractivity contribution in [2.45, 2.75) is 10.9 Å². The van der Waals surface area contributed by atoms with E-state index in [4.69, 9.17) is 10.5 Å². The van der Waals surface area contributed by atoms with Gasteiger partial charge in [0.25, 0.3) is 5.91 Å². The summed E-state index contributed by atoms with van der Waals surface area (Å²) in [6.07, 6.45) is 1.57. The Morgan fingerprint density at radius 2 is 1.88 bits per heavy atom. The lowest BCUT2D eigenvalue weighted by Gasteiger charge is -2.40. The number of pyridine rings is 1. The third-order valence-corrected chi connectivity index (χ3v) is 7.07. The van der Waals surface area contributed by atoms with Gasteiger partial charge in [0.15, 0.2) is 0 Å². The van der Waals surface area contributed by atoms with Crippen molar-refractivity contribution in [2.24, 2.45) is 7.05 Å². The van der Waals surface area contributed by atoms with Gasteiger partial charge in [-0.3, -0.25) is 9.48 Å². The second-order valence-electron chi connectivity index (χ2n) is 8.17. The molecule has 0 unspecified atom stereocenters. The van der Waals surface area contributed by atoms with Gasteiger partial charge in [-0.15, -0.1) is 0 Å². The molecule has 1 aliphatic rings. The minimum absolute atomic E-state index is 0.168. The summed E-state index contributed by atoms with van der Waals surface area (Å²) in [5, 5.41) is 5.47. The predicted octanol–water partition coefficient (Wildman–Crippen LogP) is 5.57. The molecule has 2 aromatic heterocycles. The lowest BCUT2D eigenvalue weighted by molar-refractivity contribution is 0.0708. The van der Waals surface area contributed by atoms with Crippen LogP contribution in [-0.4, -0.2) is 39.2 Å². The number of carbonyl (C=O) groups excluding carboxylic acids is 1. The number of amides is 1. The molecule has 7 nitrogen and oxygen atoms in total. The molecule has 0 aliphatic carbocycles. The molecule has 0 saturated carbocycles. The molecule has 0 bridgehead atoms. The van der Waals surface area contributed by atoms with Crippen molar-refractivity contribution >= 4 is 43.8 Å². The quantitative estimate of drug-likeness (QED) is 0.373. The van der Waals surface area contributed by atoms with E-state index in [1.54, 1.807) is 36.1 Å². The van der Waals surface area contributed by atoms with Crippen LogP contribution < -0.4 is 10.5 Å². The van der Waals surface area contributed by atoms with E-state index < -0.39 is 27.1 Å². The number of likely N-dealkylation sites (N-methyl/N-ethyl adjacent to an activating group) is 1.